The summed E-state index contributed by atoms with van der Waals surface area (Å²) in [5.41, 5.74) is 0. The molecule has 1 unspecified atom stereocenters. The molecule has 0 amide bonds. The number of ether oxygens (including phenoxy) is 1. The van der Waals surface area contributed by atoms with Crippen molar-refractivity contribution in [2.45, 2.75) is 40.2 Å². The SMILES string of the molecule is C.CC.CNCC1CCCO1. The van der Waals surface area contributed by atoms with E-state index in [1.54, 1.807) is 0 Å². The van der Waals surface area contributed by atoms with E-state index in [9.17, 15) is 0 Å². The Hall–Kier alpha value is -0.0800. The molecule has 0 saturated carbocycles. The van der Waals surface area contributed by atoms with Gasteiger partial charge in [-0.1, -0.05) is 21.3 Å². The van der Waals surface area contributed by atoms with Crippen molar-refractivity contribution in [3.05, 3.63) is 0 Å². The summed E-state index contributed by atoms with van der Waals surface area (Å²) in [5.74, 6) is 0. The largest absolute Gasteiger partial charge is 0.377 e. The Morgan fingerprint density at radius 3 is 2.45 bits per heavy atom. The van der Waals surface area contributed by atoms with Gasteiger partial charge in [-0.2, -0.15) is 0 Å². The van der Waals surface area contributed by atoms with Crippen molar-refractivity contribution in [2.24, 2.45) is 0 Å². The number of nitrogens with one attached hydrogen (secondary N) is 1. The van der Waals surface area contributed by atoms with Crippen LogP contribution in [0.5, 0.6) is 0 Å². The maximum atomic E-state index is 5.33. The second-order valence-electron chi connectivity index (χ2n) is 2.19. The third-order valence-corrected chi connectivity index (χ3v) is 1.46. The minimum Gasteiger partial charge on any atom is -0.377 e. The van der Waals surface area contributed by atoms with Gasteiger partial charge in [-0.05, 0) is 19.9 Å². The van der Waals surface area contributed by atoms with Gasteiger partial charge in [0.15, 0.2) is 0 Å². The van der Waals surface area contributed by atoms with Crippen LogP contribution in [0.15, 0.2) is 0 Å². The first-order valence-corrected chi connectivity index (χ1v) is 4.19. The first kappa shape index (κ1) is 13.5. The van der Waals surface area contributed by atoms with Gasteiger partial charge in [0.1, 0.15) is 0 Å². The van der Waals surface area contributed by atoms with Gasteiger partial charge >= 0.3 is 0 Å². The summed E-state index contributed by atoms with van der Waals surface area (Å²) in [7, 11) is 1.96. The van der Waals surface area contributed by atoms with Crippen LogP contribution < -0.4 is 5.32 Å². The van der Waals surface area contributed by atoms with Crippen LogP contribution in [0, 0.1) is 0 Å². The molecule has 1 aliphatic heterocycles. The molecule has 1 N–H and O–H groups in total. The van der Waals surface area contributed by atoms with Crippen molar-refractivity contribution >= 4 is 0 Å². The minimum atomic E-state index is 0. The average Bonchev–Trinajstić information content (AvgIpc) is 2.46. The van der Waals surface area contributed by atoms with Crippen molar-refractivity contribution in [2.75, 3.05) is 20.2 Å². The van der Waals surface area contributed by atoms with Gasteiger partial charge in [-0.15, -0.1) is 0 Å². The van der Waals surface area contributed by atoms with E-state index in [0.29, 0.717) is 6.10 Å². The molecule has 0 radical (unpaired) electrons. The van der Waals surface area contributed by atoms with Crippen LogP contribution in [0.2, 0.25) is 0 Å². The van der Waals surface area contributed by atoms with Crippen molar-refractivity contribution in [3.63, 3.8) is 0 Å². The molecule has 11 heavy (non-hydrogen) atoms. The summed E-state index contributed by atoms with van der Waals surface area (Å²) < 4.78 is 5.33. The summed E-state index contributed by atoms with van der Waals surface area (Å²) in [5, 5.41) is 3.08. The standard InChI is InChI=1S/C6H13NO.C2H6.CH4/c1-7-5-6-3-2-4-8-6;1-2;/h6-7H,2-5H2,1H3;1-2H3;1H4. The fourth-order valence-electron chi connectivity index (χ4n) is 1.03. The first-order valence-electron chi connectivity index (χ1n) is 4.19. The zero-order chi connectivity index (χ0) is 7.82. The Labute approximate surface area is 71.3 Å². The van der Waals surface area contributed by atoms with E-state index in [2.05, 4.69) is 5.32 Å². The van der Waals surface area contributed by atoms with E-state index >= 15 is 0 Å². The third-order valence-electron chi connectivity index (χ3n) is 1.46. The van der Waals surface area contributed by atoms with E-state index < -0.39 is 0 Å². The predicted octanol–water partition coefficient (Wildman–Crippen LogP) is 2.05. The lowest BCUT2D eigenvalue weighted by Gasteiger charge is -2.05. The van der Waals surface area contributed by atoms with Crippen LogP contribution in [-0.4, -0.2) is 26.3 Å². The number of rotatable bonds is 2. The number of hydrogen-bond acceptors (Lipinski definition) is 2. The van der Waals surface area contributed by atoms with Crippen LogP contribution in [0.25, 0.3) is 0 Å². The van der Waals surface area contributed by atoms with Crippen molar-refractivity contribution in [1.29, 1.82) is 0 Å². The smallest absolute Gasteiger partial charge is 0.0700 e. The quantitative estimate of drug-likeness (QED) is 0.669. The molecular weight excluding hydrogens is 138 g/mol. The summed E-state index contributed by atoms with van der Waals surface area (Å²) in [6, 6.07) is 0. The zero-order valence-electron chi connectivity index (χ0n) is 7.31. The maximum Gasteiger partial charge on any atom is 0.0700 e. The third kappa shape index (κ3) is 6.32. The lowest BCUT2D eigenvalue weighted by Crippen LogP contribution is -2.22. The average molecular weight is 161 g/mol. The molecule has 2 heteroatoms. The Morgan fingerprint density at radius 1 is 1.45 bits per heavy atom. The Balaban J connectivity index is 0. The molecule has 1 aliphatic rings. The van der Waals surface area contributed by atoms with E-state index in [1.807, 2.05) is 20.9 Å². The lowest BCUT2D eigenvalue weighted by molar-refractivity contribution is 0.112. The topological polar surface area (TPSA) is 21.3 Å². The number of hydrogen-bond donors (Lipinski definition) is 1. The molecule has 0 aromatic carbocycles. The molecule has 0 spiro atoms. The van der Waals surface area contributed by atoms with Crippen molar-refractivity contribution < 1.29 is 4.74 Å². The zero-order valence-corrected chi connectivity index (χ0v) is 7.31. The molecule has 0 aliphatic carbocycles. The van der Waals surface area contributed by atoms with Crippen molar-refractivity contribution in [1.82, 2.24) is 5.32 Å². The molecular formula is C9H23NO. The molecule has 0 aromatic rings. The van der Waals surface area contributed by atoms with Crippen LogP contribution in [0.4, 0.5) is 0 Å². The fraction of sp³-hybridized carbons (Fsp3) is 1.00. The highest BCUT2D eigenvalue weighted by Gasteiger charge is 2.12. The highest BCUT2D eigenvalue weighted by molar-refractivity contribution is 4.65. The molecule has 1 atom stereocenters. The summed E-state index contributed by atoms with van der Waals surface area (Å²) in [4.78, 5) is 0. The maximum absolute atomic E-state index is 5.33. The van der Waals surface area contributed by atoms with Crippen LogP contribution in [0.3, 0.4) is 0 Å². The molecule has 70 valence electrons. The highest BCUT2D eigenvalue weighted by Crippen LogP contribution is 2.09. The summed E-state index contributed by atoms with van der Waals surface area (Å²) >= 11 is 0. The Morgan fingerprint density at radius 2 is 2.09 bits per heavy atom. The fourth-order valence-corrected chi connectivity index (χ4v) is 1.03. The lowest BCUT2D eigenvalue weighted by atomic mass is 10.2. The van der Waals surface area contributed by atoms with Crippen LogP contribution in [-0.2, 0) is 4.74 Å². The van der Waals surface area contributed by atoms with Crippen LogP contribution >= 0.6 is 0 Å². The Kier molecular flexibility index (Phi) is 12.2. The second kappa shape index (κ2) is 9.92. The first-order chi connectivity index (χ1) is 4.93. The summed E-state index contributed by atoms with van der Waals surface area (Å²) in [6.45, 7) is 5.98. The van der Waals surface area contributed by atoms with Gasteiger partial charge in [0.25, 0.3) is 0 Å². The monoisotopic (exact) mass is 161 g/mol. The molecule has 0 bridgehead atoms. The number of likely N-dealkylation sites (N-methyl/N-ethyl adjacent to an activating group) is 1. The summed E-state index contributed by atoms with van der Waals surface area (Å²) in [6.07, 6.45) is 2.98. The van der Waals surface area contributed by atoms with Gasteiger partial charge in [0.2, 0.25) is 0 Å². The van der Waals surface area contributed by atoms with E-state index in [4.69, 9.17) is 4.74 Å². The van der Waals surface area contributed by atoms with Gasteiger partial charge in [-0.25, -0.2) is 0 Å². The van der Waals surface area contributed by atoms with Gasteiger partial charge in [-0.3, -0.25) is 0 Å². The molecule has 1 fully saturated rings. The van der Waals surface area contributed by atoms with Crippen molar-refractivity contribution in [3.8, 4) is 0 Å². The van der Waals surface area contributed by atoms with Gasteiger partial charge < -0.3 is 10.1 Å². The van der Waals surface area contributed by atoms with Gasteiger partial charge in [0, 0.05) is 13.2 Å². The molecule has 1 rings (SSSR count). The second-order valence-corrected chi connectivity index (χ2v) is 2.19. The Bertz CT molecular complexity index is 60.6. The van der Waals surface area contributed by atoms with E-state index in [-0.39, 0.29) is 7.43 Å². The molecule has 1 saturated heterocycles. The normalized spacial score (nSPS) is 21.5. The molecule has 0 aromatic heterocycles. The highest BCUT2D eigenvalue weighted by atomic mass is 16.5. The van der Waals surface area contributed by atoms with Crippen LogP contribution in [0.1, 0.15) is 34.1 Å². The molecule has 1 heterocycles. The minimum absolute atomic E-state index is 0. The molecule has 2 nitrogen and oxygen atoms in total. The van der Waals surface area contributed by atoms with E-state index in [0.717, 1.165) is 13.2 Å². The van der Waals surface area contributed by atoms with Gasteiger partial charge in [0.05, 0.1) is 6.10 Å². The predicted molar refractivity (Wildman–Crippen MR) is 51.0 cm³/mol. The van der Waals surface area contributed by atoms with E-state index in [1.165, 1.54) is 12.8 Å².